The molecule has 5 heterocycles. The lowest BCUT2D eigenvalue weighted by atomic mass is 10.1. The standard InChI is InChI=1S/C33H37F3N6O5S2/c1-5-18-12-20(41-16-22-13-21(41)17-42(22)31(44)47-32(2,3)4)8-9-24(18)38-30-37-15-23(33(34,35)36)27(39-30)25-14-26-28(48-25)29(43)40(19-6-7-19)10-11-49(26,45)46/h8-9,12,14-15,19,21-22H,5-7,10-11,13,16-17H2,1-4H3,(H,37,38,39)/t21-,22-/m0/s1. The Morgan fingerprint density at radius 2 is 1.84 bits per heavy atom. The van der Waals surface area contributed by atoms with Crippen molar-refractivity contribution in [2.75, 3.05) is 35.6 Å². The van der Waals surface area contributed by atoms with Gasteiger partial charge in [0.1, 0.15) is 16.0 Å². The number of rotatable bonds is 6. The predicted molar refractivity (Wildman–Crippen MR) is 178 cm³/mol. The average molecular weight is 719 g/mol. The van der Waals surface area contributed by atoms with Crippen LogP contribution in [0.2, 0.25) is 0 Å². The van der Waals surface area contributed by atoms with Crippen LogP contribution in [-0.2, 0) is 27.2 Å². The second-order valence-corrected chi connectivity index (χ2v) is 17.1. The molecule has 2 saturated heterocycles. The number of piperazine rings is 1. The van der Waals surface area contributed by atoms with Crippen molar-refractivity contribution >= 4 is 50.5 Å². The Balaban J connectivity index is 1.16. The fourth-order valence-electron chi connectivity index (χ4n) is 6.82. The molecule has 49 heavy (non-hydrogen) atoms. The lowest BCUT2D eigenvalue weighted by Gasteiger charge is -2.36. The van der Waals surface area contributed by atoms with E-state index in [1.54, 1.807) is 4.90 Å². The highest BCUT2D eigenvalue weighted by atomic mass is 32.2. The van der Waals surface area contributed by atoms with Gasteiger partial charge < -0.3 is 24.8 Å². The lowest BCUT2D eigenvalue weighted by molar-refractivity contribution is -0.137. The molecule has 2 atom stereocenters. The van der Waals surface area contributed by atoms with Crippen molar-refractivity contribution < 1.29 is 35.9 Å². The van der Waals surface area contributed by atoms with Gasteiger partial charge in [-0.2, -0.15) is 13.2 Å². The minimum Gasteiger partial charge on any atom is -0.444 e. The van der Waals surface area contributed by atoms with Crippen LogP contribution < -0.4 is 10.2 Å². The molecule has 7 rings (SSSR count). The van der Waals surface area contributed by atoms with E-state index in [1.807, 2.05) is 45.9 Å². The number of alkyl halides is 3. The maximum Gasteiger partial charge on any atom is 0.420 e. The molecular formula is C33H37F3N6O5S2. The molecule has 2 aromatic heterocycles. The number of thiophene rings is 1. The highest BCUT2D eigenvalue weighted by molar-refractivity contribution is 7.91. The molecule has 2 bridgehead atoms. The molecule has 1 aliphatic carbocycles. The number of hydrogen-bond acceptors (Lipinski definition) is 10. The average Bonchev–Trinajstić information content (AvgIpc) is 3.44. The van der Waals surface area contributed by atoms with Crippen molar-refractivity contribution in [2.45, 2.75) is 88.2 Å². The number of nitrogens with zero attached hydrogens (tertiary/aromatic N) is 5. The molecule has 3 fully saturated rings. The quantitative estimate of drug-likeness (QED) is 0.321. The van der Waals surface area contributed by atoms with E-state index in [9.17, 15) is 31.2 Å². The number of halogens is 3. The van der Waals surface area contributed by atoms with Crippen LogP contribution in [0.3, 0.4) is 0 Å². The zero-order chi connectivity index (χ0) is 35.0. The minimum atomic E-state index is -4.83. The predicted octanol–water partition coefficient (Wildman–Crippen LogP) is 6.12. The van der Waals surface area contributed by atoms with Gasteiger partial charge in [0.2, 0.25) is 5.95 Å². The SMILES string of the molecule is CCc1cc(N2C[C@@H]3C[C@H]2CN3C(=O)OC(C)(C)C)ccc1Nc1ncc(C(F)(F)F)c(-c2cc3c(s2)C(=O)N(C2CC2)CCS3(=O)=O)n1. The molecule has 1 aromatic carbocycles. The normalized spacial score (nSPS) is 21.9. The molecule has 3 aromatic rings. The van der Waals surface area contributed by atoms with Crippen molar-refractivity contribution in [1.82, 2.24) is 19.8 Å². The summed E-state index contributed by atoms with van der Waals surface area (Å²) in [6, 6.07) is 7.04. The Labute approximate surface area is 286 Å². The second kappa shape index (κ2) is 11.9. The smallest absolute Gasteiger partial charge is 0.420 e. The van der Waals surface area contributed by atoms with E-state index in [4.69, 9.17) is 4.74 Å². The van der Waals surface area contributed by atoms with Gasteiger partial charge in [-0.05, 0) is 76.3 Å². The van der Waals surface area contributed by atoms with E-state index < -0.39 is 38.8 Å². The Morgan fingerprint density at radius 1 is 1.08 bits per heavy atom. The third-order valence-electron chi connectivity index (χ3n) is 9.32. The monoisotopic (exact) mass is 718 g/mol. The second-order valence-electron chi connectivity index (χ2n) is 14.0. The number of aryl methyl sites for hydroxylation is 1. The Kier molecular flexibility index (Phi) is 8.12. The number of aromatic nitrogens is 2. The largest absolute Gasteiger partial charge is 0.444 e. The number of carbonyl (C=O) groups excluding carboxylic acids is 2. The fraction of sp³-hybridized carbons (Fsp3) is 0.515. The Hall–Kier alpha value is -3.92. The van der Waals surface area contributed by atoms with Crippen molar-refractivity contribution in [3.8, 4) is 10.6 Å². The summed E-state index contributed by atoms with van der Waals surface area (Å²) in [6.45, 7) is 8.77. The molecule has 262 valence electrons. The van der Waals surface area contributed by atoms with Crippen LogP contribution in [0, 0.1) is 0 Å². The number of benzene rings is 1. The summed E-state index contributed by atoms with van der Waals surface area (Å²) in [5, 5.41) is 3.07. The van der Waals surface area contributed by atoms with Gasteiger partial charge in [-0.25, -0.2) is 23.2 Å². The van der Waals surface area contributed by atoms with Crippen LogP contribution in [0.25, 0.3) is 10.6 Å². The summed E-state index contributed by atoms with van der Waals surface area (Å²) in [5.74, 6) is -0.874. The number of ether oxygens (including phenoxy) is 1. The van der Waals surface area contributed by atoms with Gasteiger partial charge in [0.05, 0.1) is 27.3 Å². The van der Waals surface area contributed by atoms with E-state index in [-0.39, 0.29) is 57.1 Å². The molecule has 11 nitrogen and oxygen atoms in total. The van der Waals surface area contributed by atoms with Gasteiger partial charge in [-0.3, -0.25) is 4.79 Å². The molecule has 1 saturated carbocycles. The van der Waals surface area contributed by atoms with E-state index in [2.05, 4.69) is 20.2 Å². The van der Waals surface area contributed by atoms with Crippen LogP contribution in [0.15, 0.2) is 35.4 Å². The zero-order valence-corrected chi connectivity index (χ0v) is 29.1. The molecule has 0 spiro atoms. The maximum absolute atomic E-state index is 14.2. The van der Waals surface area contributed by atoms with Crippen LogP contribution in [0.5, 0.6) is 0 Å². The highest BCUT2D eigenvalue weighted by Crippen LogP contribution is 2.44. The first-order valence-corrected chi connectivity index (χ1v) is 18.8. The summed E-state index contributed by atoms with van der Waals surface area (Å²) in [6.07, 6.45) is -1.49. The maximum atomic E-state index is 14.2. The van der Waals surface area contributed by atoms with Crippen molar-refractivity contribution in [1.29, 1.82) is 0 Å². The van der Waals surface area contributed by atoms with Crippen LogP contribution in [-0.4, -0.2) is 89.3 Å². The summed E-state index contributed by atoms with van der Waals surface area (Å²) in [5.41, 5.74) is 0.259. The number of hydrogen-bond donors (Lipinski definition) is 1. The Morgan fingerprint density at radius 3 is 2.47 bits per heavy atom. The topological polar surface area (TPSA) is 125 Å². The van der Waals surface area contributed by atoms with Crippen molar-refractivity contribution in [3.63, 3.8) is 0 Å². The van der Waals surface area contributed by atoms with E-state index >= 15 is 0 Å². The van der Waals surface area contributed by atoms with Crippen LogP contribution in [0.1, 0.15) is 67.8 Å². The van der Waals surface area contributed by atoms with Crippen LogP contribution in [0.4, 0.5) is 35.3 Å². The van der Waals surface area contributed by atoms with Gasteiger partial charge >= 0.3 is 12.3 Å². The zero-order valence-electron chi connectivity index (χ0n) is 27.5. The number of anilines is 3. The molecular weight excluding hydrogens is 682 g/mol. The van der Waals surface area contributed by atoms with Gasteiger partial charge in [0.15, 0.2) is 9.84 Å². The summed E-state index contributed by atoms with van der Waals surface area (Å²) < 4.78 is 74.6. The molecule has 2 amide bonds. The summed E-state index contributed by atoms with van der Waals surface area (Å²) in [7, 11) is -3.90. The number of fused-ring (bicyclic) bond motifs is 3. The van der Waals surface area contributed by atoms with Gasteiger partial charge in [-0.15, -0.1) is 11.3 Å². The number of amides is 2. The fourth-order valence-corrected chi connectivity index (χ4v) is 9.74. The first kappa shape index (κ1) is 33.6. The molecule has 0 radical (unpaired) electrons. The number of carbonyl (C=O) groups is 2. The highest BCUT2D eigenvalue weighted by Gasteiger charge is 2.47. The molecule has 4 aliphatic rings. The lowest BCUT2D eigenvalue weighted by Crippen LogP contribution is -2.50. The summed E-state index contributed by atoms with van der Waals surface area (Å²) in [4.78, 5) is 39.4. The van der Waals surface area contributed by atoms with Crippen molar-refractivity contribution in [2.24, 2.45) is 0 Å². The van der Waals surface area contributed by atoms with E-state index in [0.717, 1.165) is 36.6 Å². The molecule has 16 heteroatoms. The molecule has 0 unspecified atom stereocenters. The summed E-state index contributed by atoms with van der Waals surface area (Å²) >= 11 is 0.714. The molecule has 3 aliphatic heterocycles. The first-order valence-electron chi connectivity index (χ1n) is 16.3. The Bertz CT molecular complexity index is 1940. The third kappa shape index (κ3) is 6.44. The van der Waals surface area contributed by atoms with Gasteiger partial charge in [-0.1, -0.05) is 6.92 Å². The van der Waals surface area contributed by atoms with E-state index in [0.29, 0.717) is 42.7 Å². The van der Waals surface area contributed by atoms with E-state index in [1.165, 1.54) is 4.90 Å². The van der Waals surface area contributed by atoms with Gasteiger partial charge in [0.25, 0.3) is 5.91 Å². The number of sulfone groups is 1. The van der Waals surface area contributed by atoms with Crippen LogP contribution >= 0.6 is 11.3 Å². The molecule has 1 N–H and O–H groups in total. The first-order chi connectivity index (χ1) is 23.0. The van der Waals surface area contributed by atoms with Gasteiger partial charge in [0, 0.05) is 49.3 Å². The minimum absolute atomic E-state index is 0.0380. The number of nitrogens with one attached hydrogen (secondary N) is 1. The van der Waals surface area contributed by atoms with Crippen molar-refractivity contribution in [3.05, 3.63) is 46.5 Å². The number of likely N-dealkylation sites (tertiary alicyclic amines) is 1. The third-order valence-corrected chi connectivity index (χ3v) is 12.3.